The molecule has 0 bridgehead atoms. The number of fused-ring (bicyclic) bond motifs is 3. The number of carbonyl (C=O) groups excluding carboxylic acids is 2. The Morgan fingerprint density at radius 2 is 1.72 bits per heavy atom. The molecule has 6 rings (SSSR count). The van der Waals surface area contributed by atoms with Crippen LogP contribution in [-0.4, -0.2) is 78.1 Å². The largest absolute Gasteiger partial charge is 0.497 e. The van der Waals surface area contributed by atoms with Gasteiger partial charge in [-0.2, -0.15) is 0 Å². The van der Waals surface area contributed by atoms with E-state index < -0.39 is 0 Å². The third-order valence-electron chi connectivity index (χ3n) is 10.6. The second kappa shape index (κ2) is 20.2. The normalized spacial score (nSPS) is 15.4. The van der Waals surface area contributed by atoms with Crippen molar-refractivity contribution in [2.45, 2.75) is 102 Å². The van der Waals surface area contributed by atoms with E-state index in [0.29, 0.717) is 25.9 Å². The van der Waals surface area contributed by atoms with E-state index in [1.165, 1.54) is 48.4 Å². The zero-order chi connectivity index (χ0) is 36.8. The molecule has 0 unspecified atom stereocenters. The fraction of sp³-hybridized carbons (Fsp3) is 0.548. The Morgan fingerprint density at radius 1 is 0.925 bits per heavy atom. The first kappa shape index (κ1) is 39.1. The minimum absolute atomic E-state index is 0.0929. The van der Waals surface area contributed by atoms with E-state index in [1.807, 2.05) is 52.1 Å². The fourth-order valence-corrected chi connectivity index (χ4v) is 10.7. The van der Waals surface area contributed by atoms with E-state index in [0.717, 1.165) is 108 Å². The first-order chi connectivity index (χ1) is 26.0. The van der Waals surface area contributed by atoms with Crippen LogP contribution in [0.1, 0.15) is 93.9 Å². The average molecular weight is 760 g/mol. The van der Waals surface area contributed by atoms with Gasteiger partial charge in [-0.05, 0) is 112 Å². The van der Waals surface area contributed by atoms with Crippen LogP contribution >= 0.6 is 21.6 Å². The summed E-state index contributed by atoms with van der Waals surface area (Å²) < 4.78 is 10.9. The molecule has 11 heteroatoms. The van der Waals surface area contributed by atoms with E-state index in [-0.39, 0.29) is 18.4 Å². The Hall–Kier alpha value is -3.57. The van der Waals surface area contributed by atoms with Crippen molar-refractivity contribution in [2.24, 2.45) is 0 Å². The number of aryl methyl sites for hydroxylation is 1. The summed E-state index contributed by atoms with van der Waals surface area (Å²) in [4.78, 5) is 36.7. The summed E-state index contributed by atoms with van der Waals surface area (Å²) in [6, 6.07) is 12.2. The lowest BCUT2D eigenvalue weighted by Gasteiger charge is -2.23. The smallest absolute Gasteiger partial charge is 0.239 e. The number of methoxy groups -OCH3 is 2. The van der Waals surface area contributed by atoms with E-state index in [2.05, 4.69) is 27.8 Å². The molecule has 2 amide bonds. The average Bonchev–Trinajstić information content (AvgIpc) is 3.86. The maximum atomic E-state index is 13.4. The summed E-state index contributed by atoms with van der Waals surface area (Å²) in [6.07, 6.45) is 17.4. The van der Waals surface area contributed by atoms with Gasteiger partial charge in [0, 0.05) is 70.9 Å². The minimum Gasteiger partial charge on any atom is -0.497 e. The first-order valence-electron chi connectivity index (χ1n) is 19.7. The maximum absolute atomic E-state index is 13.4. The number of rotatable bonds is 21. The van der Waals surface area contributed by atoms with Crippen molar-refractivity contribution >= 4 is 60.9 Å². The summed E-state index contributed by atoms with van der Waals surface area (Å²) in [5.41, 5.74) is 7.07. The zero-order valence-electron chi connectivity index (χ0n) is 31.6. The van der Waals surface area contributed by atoms with Crippen LogP contribution < -0.4 is 20.1 Å². The van der Waals surface area contributed by atoms with Crippen LogP contribution in [0.2, 0.25) is 0 Å². The molecule has 0 spiro atoms. The van der Waals surface area contributed by atoms with Gasteiger partial charge in [0.15, 0.2) is 0 Å². The third kappa shape index (κ3) is 11.0. The van der Waals surface area contributed by atoms with Crippen LogP contribution in [0.15, 0.2) is 42.6 Å². The van der Waals surface area contributed by atoms with Gasteiger partial charge < -0.3 is 30.0 Å². The SMILES string of the molecule is COc1ccc2nc3c(c(NCCCCCCCN(CC(=O)NCCc4c[nH]c5ccc(OC)cc45)C(=O)CCCC[C@@H]4CCSS4)c2c1)CCCC3. The van der Waals surface area contributed by atoms with Crippen molar-refractivity contribution in [2.75, 3.05) is 51.5 Å². The number of nitrogens with zero attached hydrogens (tertiary/aromatic N) is 2. The van der Waals surface area contributed by atoms with Crippen LogP contribution in [0.25, 0.3) is 21.8 Å². The van der Waals surface area contributed by atoms with Crippen molar-refractivity contribution < 1.29 is 19.1 Å². The van der Waals surface area contributed by atoms with E-state index >= 15 is 0 Å². The molecule has 2 aliphatic rings. The molecule has 1 saturated heterocycles. The standard InChI is InChI=1S/C42H57N5O4S2/c1-50-31-16-18-37-35(26-31)30(28-45-37)20-23-43-40(48)29-47(41(49)15-9-6-12-33-21-25-52-53-33)24-11-5-3-4-10-22-44-42-34-13-7-8-14-38(34)46-39-19-17-32(51-2)27-36(39)42/h16-19,26-28,33,45H,3-15,20-25,29H2,1-2H3,(H,43,48)(H,44,46)/t33-/m1/s1. The van der Waals surface area contributed by atoms with Crippen LogP contribution in [0.3, 0.4) is 0 Å². The van der Waals surface area contributed by atoms with Gasteiger partial charge in [0.05, 0.1) is 26.3 Å². The molecule has 3 N–H and O–H groups in total. The third-order valence-corrected chi connectivity index (χ3v) is 13.7. The summed E-state index contributed by atoms with van der Waals surface area (Å²) in [6.45, 7) is 2.17. The molecule has 4 aromatic rings. The van der Waals surface area contributed by atoms with Gasteiger partial charge in [0.1, 0.15) is 11.5 Å². The van der Waals surface area contributed by atoms with E-state index in [9.17, 15) is 9.59 Å². The molecule has 0 saturated carbocycles. The number of aromatic amines is 1. The van der Waals surface area contributed by atoms with Crippen LogP contribution in [0, 0.1) is 0 Å². The Bertz CT molecular complexity index is 1810. The van der Waals surface area contributed by atoms with Crippen molar-refractivity contribution in [3.63, 3.8) is 0 Å². The molecule has 1 atom stereocenters. The number of aromatic nitrogens is 2. The number of amides is 2. The number of ether oxygens (including phenoxy) is 2. The Labute approximate surface area is 322 Å². The predicted molar refractivity (Wildman–Crippen MR) is 222 cm³/mol. The lowest BCUT2D eigenvalue weighted by molar-refractivity contribution is -0.136. The van der Waals surface area contributed by atoms with Crippen LogP contribution in [0.4, 0.5) is 5.69 Å². The lowest BCUT2D eigenvalue weighted by atomic mass is 9.92. The minimum atomic E-state index is -0.0929. The summed E-state index contributed by atoms with van der Waals surface area (Å²) in [5.74, 6) is 2.92. The Kier molecular flexibility index (Phi) is 14.9. The van der Waals surface area contributed by atoms with Crippen molar-refractivity contribution in [3.8, 4) is 11.5 Å². The highest BCUT2D eigenvalue weighted by Crippen LogP contribution is 2.40. The second-order valence-corrected chi connectivity index (χ2v) is 17.2. The maximum Gasteiger partial charge on any atom is 0.239 e. The van der Waals surface area contributed by atoms with Gasteiger partial charge in [-0.1, -0.05) is 47.3 Å². The van der Waals surface area contributed by atoms with Gasteiger partial charge >= 0.3 is 0 Å². The quantitative estimate of drug-likeness (QED) is 0.0572. The van der Waals surface area contributed by atoms with Crippen LogP contribution in [0.5, 0.6) is 11.5 Å². The number of pyridine rings is 1. The molecular weight excluding hydrogens is 703 g/mol. The number of benzene rings is 2. The summed E-state index contributed by atoms with van der Waals surface area (Å²) in [7, 11) is 7.35. The van der Waals surface area contributed by atoms with Crippen molar-refractivity contribution in [1.29, 1.82) is 0 Å². The highest BCUT2D eigenvalue weighted by molar-refractivity contribution is 8.77. The molecular formula is C42H57N5O4S2. The van der Waals surface area contributed by atoms with Gasteiger partial charge in [-0.15, -0.1) is 0 Å². The number of hydrogen-bond donors (Lipinski definition) is 3. The number of carbonyl (C=O) groups is 2. The molecule has 1 aliphatic carbocycles. The molecule has 0 radical (unpaired) electrons. The van der Waals surface area contributed by atoms with Crippen molar-refractivity contribution in [1.82, 2.24) is 20.2 Å². The van der Waals surface area contributed by atoms with Gasteiger partial charge in [0.2, 0.25) is 11.8 Å². The molecule has 2 aromatic carbocycles. The number of H-pyrrole nitrogens is 1. The van der Waals surface area contributed by atoms with Gasteiger partial charge in [-0.3, -0.25) is 14.6 Å². The fourth-order valence-electron chi connectivity index (χ4n) is 7.62. The molecule has 3 heterocycles. The molecule has 9 nitrogen and oxygen atoms in total. The predicted octanol–water partition coefficient (Wildman–Crippen LogP) is 8.88. The summed E-state index contributed by atoms with van der Waals surface area (Å²) in [5, 5.41) is 9.84. The Morgan fingerprint density at radius 3 is 2.55 bits per heavy atom. The first-order valence-corrected chi connectivity index (χ1v) is 22.1. The molecule has 1 fully saturated rings. The topological polar surface area (TPSA) is 109 Å². The van der Waals surface area contributed by atoms with Crippen molar-refractivity contribution in [3.05, 3.63) is 59.4 Å². The monoisotopic (exact) mass is 759 g/mol. The number of hydrogen-bond acceptors (Lipinski definition) is 8. The van der Waals surface area contributed by atoms with E-state index in [1.54, 1.807) is 19.1 Å². The molecule has 1 aliphatic heterocycles. The molecule has 2 aromatic heterocycles. The summed E-state index contributed by atoms with van der Waals surface area (Å²) >= 11 is 0. The van der Waals surface area contributed by atoms with Gasteiger partial charge in [0.25, 0.3) is 0 Å². The number of unbranched alkanes of at least 4 members (excludes halogenated alkanes) is 5. The molecule has 53 heavy (non-hydrogen) atoms. The number of nitrogens with one attached hydrogen (secondary N) is 3. The van der Waals surface area contributed by atoms with Crippen LogP contribution in [-0.2, 0) is 28.9 Å². The number of anilines is 1. The van der Waals surface area contributed by atoms with Gasteiger partial charge in [-0.25, -0.2) is 0 Å². The Balaban J connectivity index is 0.950. The highest BCUT2D eigenvalue weighted by Gasteiger charge is 2.20. The molecule has 286 valence electrons. The second-order valence-electron chi connectivity index (χ2n) is 14.4. The lowest BCUT2D eigenvalue weighted by Crippen LogP contribution is -2.41. The highest BCUT2D eigenvalue weighted by atomic mass is 33.1. The zero-order valence-corrected chi connectivity index (χ0v) is 33.2. The van der Waals surface area contributed by atoms with E-state index in [4.69, 9.17) is 14.5 Å².